The fraction of sp³-hybridized carbons (Fsp3) is 0.308. The Morgan fingerprint density at radius 1 is 1.33 bits per heavy atom. The standard InChI is InChI=1S/C13H12BrNO6/c1-19-12(16)10(15-18)9-7-4-3-6(14)5-8(7)21-11(9)13(17)20-2/h3-5,9,11,18H,1-2H3/b15-10-/t9-,11-/m0/s1. The van der Waals surface area contributed by atoms with E-state index >= 15 is 0 Å². The first-order valence-corrected chi connectivity index (χ1v) is 6.67. The summed E-state index contributed by atoms with van der Waals surface area (Å²) in [6.45, 7) is 0. The van der Waals surface area contributed by atoms with Gasteiger partial charge in [-0.05, 0) is 12.1 Å². The van der Waals surface area contributed by atoms with Gasteiger partial charge in [-0.3, -0.25) is 0 Å². The smallest absolute Gasteiger partial charge is 0.356 e. The van der Waals surface area contributed by atoms with Crippen LogP contribution in [-0.2, 0) is 19.1 Å². The van der Waals surface area contributed by atoms with Crippen LogP contribution in [0.4, 0.5) is 0 Å². The Hall–Kier alpha value is -2.09. The Balaban J connectivity index is 2.52. The summed E-state index contributed by atoms with van der Waals surface area (Å²) in [6, 6.07) is 5.04. The van der Waals surface area contributed by atoms with E-state index in [9.17, 15) is 9.59 Å². The monoisotopic (exact) mass is 357 g/mol. The maximum Gasteiger partial charge on any atom is 0.356 e. The quantitative estimate of drug-likeness (QED) is 0.381. The van der Waals surface area contributed by atoms with Gasteiger partial charge in [-0.25, -0.2) is 9.59 Å². The Morgan fingerprint density at radius 2 is 2.05 bits per heavy atom. The lowest BCUT2D eigenvalue weighted by Crippen LogP contribution is -2.37. The lowest BCUT2D eigenvalue weighted by atomic mass is 9.90. The molecule has 0 aromatic heterocycles. The Morgan fingerprint density at radius 3 is 2.62 bits per heavy atom. The van der Waals surface area contributed by atoms with Crippen LogP contribution in [0.5, 0.6) is 5.75 Å². The van der Waals surface area contributed by atoms with Gasteiger partial charge in [-0.1, -0.05) is 27.2 Å². The number of methoxy groups -OCH3 is 2. The summed E-state index contributed by atoms with van der Waals surface area (Å²) < 4.78 is 15.5. The predicted octanol–water partition coefficient (Wildman–Crippen LogP) is 1.47. The van der Waals surface area contributed by atoms with E-state index in [1.165, 1.54) is 7.11 Å². The van der Waals surface area contributed by atoms with Gasteiger partial charge >= 0.3 is 11.9 Å². The first kappa shape index (κ1) is 15.3. The number of hydrogen-bond donors (Lipinski definition) is 1. The highest BCUT2D eigenvalue weighted by atomic mass is 79.9. The third-order valence-corrected chi connectivity index (χ3v) is 3.59. The molecule has 0 amide bonds. The van der Waals surface area contributed by atoms with E-state index in [4.69, 9.17) is 9.94 Å². The molecule has 1 aromatic rings. The van der Waals surface area contributed by atoms with Crippen LogP contribution in [0.25, 0.3) is 0 Å². The van der Waals surface area contributed by atoms with Gasteiger partial charge in [0, 0.05) is 10.0 Å². The fourth-order valence-electron chi connectivity index (χ4n) is 2.16. The summed E-state index contributed by atoms with van der Waals surface area (Å²) in [4.78, 5) is 23.6. The molecule has 0 fully saturated rings. The zero-order valence-corrected chi connectivity index (χ0v) is 12.8. The summed E-state index contributed by atoms with van der Waals surface area (Å²) >= 11 is 3.29. The number of carbonyl (C=O) groups is 2. The molecule has 1 aliphatic heterocycles. The van der Waals surface area contributed by atoms with Crippen molar-refractivity contribution in [2.75, 3.05) is 14.2 Å². The molecule has 0 radical (unpaired) electrons. The molecule has 21 heavy (non-hydrogen) atoms. The van der Waals surface area contributed by atoms with Crippen molar-refractivity contribution in [3.63, 3.8) is 0 Å². The first-order valence-electron chi connectivity index (χ1n) is 5.87. The molecule has 0 unspecified atom stereocenters. The highest BCUT2D eigenvalue weighted by Gasteiger charge is 2.46. The fourth-order valence-corrected chi connectivity index (χ4v) is 2.50. The molecule has 112 valence electrons. The summed E-state index contributed by atoms with van der Waals surface area (Å²) in [5.74, 6) is -2.04. The first-order chi connectivity index (χ1) is 10.0. The van der Waals surface area contributed by atoms with Gasteiger partial charge in [-0.2, -0.15) is 0 Å². The van der Waals surface area contributed by atoms with Gasteiger partial charge in [0.2, 0.25) is 6.10 Å². The van der Waals surface area contributed by atoms with E-state index < -0.39 is 24.0 Å². The number of esters is 2. The number of benzene rings is 1. The second-order valence-electron chi connectivity index (χ2n) is 4.20. The maximum atomic E-state index is 11.9. The molecule has 7 nitrogen and oxygen atoms in total. The van der Waals surface area contributed by atoms with E-state index in [1.807, 2.05) is 0 Å². The average Bonchev–Trinajstić information content (AvgIpc) is 2.85. The van der Waals surface area contributed by atoms with Crippen LogP contribution in [0.2, 0.25) is 0 Å². The molecule has 0 saturated carbocycles. The Bertz CT molecular complexity index is 615. The van der Waals surface area contributed by atoms with Crippen molar-refractivity contribution in [2.45, 2.75) is 12.0 Å². The van der Waals surface area contributed by atoms with E-state index in [-0.39, 0.29) is 5.71 Å². The number of rotatable bonds is 3. The zero-order chi connectivity index (χ0) is 15.6. The number of ether oxygens (including phenoxy) is 3. The van der Waals surface area contributed by atoms with Gasteiger partial charge in [-0.15, -0.1) is 0 Å². The van der Waals surface area contributed by atoms with Gasteiger partial charge < -0.3 is 19.4 Å². The minimum atomic E-state index is -1.12. The average molecular weight is 358 g/mol. The number of carbonyl (C=O) groups excluding carboxylic acids is 2. The second-order valence-corrected chi connectivity index (χ2v) is 5.11. The van der Waals surface area contributed by atoms with E-state index in [0.717, 1.165) is 11.6 Å². The Labute approximate surface area is 128 Å². The van der Waals surface area contributed by atoms with E-state index in [2.05, 4.69) is 30.6 Å². The predicted molar refractivity (Wildman–Crippen MR) is 74.6 cm³/mol. The number of nitrogens with zero attached hydrogens (tertiary/aromatic N) is 1. The molecule has 1 N–H and O–H groups in total. The highest BCUT2D eigenvalue weighted by Crippen LogP contribution is 2.41. The van der Waals surface area contributed by atoms with Crippen LogP contribution in [0.3, 0.4) is 0 Å². The molecule has 0 spiro atoms. The van der Waals surface area contributed by atoms with Crippen LogP contribution in [-0.4, -0.2) is 43.2 Å². The Kier molecular flexibility index (Phi) is 4.46. The topological polar surface area (TPSA) is 94.4 Å². The van der Waals surface area contributed by atoms with Crippen LogP contribution in [0.1, 0.15) is 11.5 Å². The van der Waals surface area contributed by atoms with Crippen LogP contribution < -0.4 is 4.74 Å². The largest absolute Gasteiger partial charge is 0.477 e. The number of oxime groups is 1. The lowest BCUT2D eigenvalue weighted by Gasteiger charge is -2.16. The SMILES string of the molecule is COC(=O)/C(=N\O)[C@@H]1c2ccc(Br)cc2O[C@@H]1C(=O)OC. The van der Waals surface area contributed by atoms with Crippen molar-refractivity contribution in [1.82, 2.24) is 0 Å². The van der Waals surface area contributed by atoms with Gasteiger partial charge in [0.05, 0.1) is 20.1 Å². The molecule has 1 aliphatic rings. The third kappa shape index (κ3) is 2.71. The van der Waals surface area contributed by atoms with E-state index in [1.54, 1.807) is 18.2 Å². The minimum Gasteiger partial charge on any atom is -0.477 e. The number of halogens is 1. The summed E-state index contributed by atoms with van der Waals surface area (Å²) in [5, 5.41) is 12.1. The van der Waals surface area contributed by atoms with Crippen molar-refractivity contribution < 1.29 is 29.0 Å². The zero-order valence-electron chi connectivity index (χ0n) is 11.2. The molecule has 0 aliphatic carbocycles. The molecular weight excluding hydrogens is 346 g/mol. The van der Waals surface area contributed by atoms with Gasteiger partial charge in [0.1, 0.15) is 5.75 Å². The van der Waals surface area contributed by atoms with Gasteiger partial charge in [0.15, 0.2) is 5.71 Å². The summed E-state index contributed by atoms with van der Waals surface area (Å²) in [6.07, 6.45) is -1.12. The molecule has 1 heterocycles. The molecular formula is C13H12BrNO6. The minimum absolute atomic E-state index is 0.325. The van der Waals surface area contributed by atoms with Crippen molar-refractivity contribution in [2.24, 2.45) is 5.16 Å². The van der Waals surface area contributed by atoms with Crippen LogP contribution in [0, 0.1) is 0 Å². The van der Waals surface area contributed by atoms with Crippen molar-refractivity contribution in [3.05, 3.63) is 28.2 Å². The van der Waals surface area contributed by atoms with Crippen molar-refractivity contribution in [1.29, 1.82) is 0 Å². The van der Waals surface area contributed by atoms with Crippen molar-refractivity contribution >= 4 is 33.6 Å². The normalized spacial score (nSPS) is 20.4. The van der Waals surface area contributed by atoms with E-state index in [0.29, 0.717) is 11.3 Å². The number of hydrogen-bond acceptors (Lipinski definition) is 7. The van der Waals surface area contributed by atoms with Crippen molar-refractivity contribution in [3.8, 4) is 5.75 Å². The molecule has 1 aromatic carbocycles. The van der Waals surface area contributed by atoms with Crippen LogP contribution >= 0.6 is 15.9 Å². The molecule has 8 heteroatoms. The molecule has 0 bridgehead atoms. The number of fused-ring (bicyclic) bond motifs is 1. The third-order valence-electron chi connectivity index (χ3n) is 3.10. The molecule has 2 rings (SSSR count). The molecule has 2 atom stereocenters. The van der Waals surface area contributed by atoms with Crippen LogP contribution in [0.15, 0.2) is 27.8 Å². The molecule has 0 saturated heterocycles. The highest BCUT2D eigenvalue weighted by molar-refractivity contribution is 9.10. The lowest BCUT2D eigenvalue weighted by molar-refractivity contribution is -0.148. The summed E-state index contributed by atoms with van der Waals surface area (Å²) in [5.41, 5.74) is 0.209. The maximum absolute atomic E-state index is 11.9. The van der Waals surface area contributed by atoms with Gasteiger partial charge in [0.25, 0.3) is 0 Å². The second kappa shape index (κ2) is 6.13. The summed E-state index contributed by atoms with van der Waals surface area (Å²) in [7, 11) is 2.36.